The standard InChI is InChI=1S/C13H19ClN2OS/c1-13(2)6-4-3-5-10(13)11(17)16-12-15-9(7-14)8-18-12/h8,10H,3-7H2,1-2H3,(H,15,16,17). The molecule has 0 bridgehead atoms. The van der Waals surface area contributed by atoms with Crippen LogP contribution in [0.5, 0.6) is 0 Å². The van der Waals surface area contributed by atoms with Gasteiger partial charge in [-0.25, -0.2) is 4.98 Å². The highest BCUT2D eigenvalue weighted by atomic mass is 35.5. The van der Waals surface area contributed by atoms with Gasteiger partial charge in [-0.3, -0.25) is 4.79 Å². The summed E-state index contributed by atoms with van der Waals surface area (Å²) in [5.74, 6) is 0.589. The van der Waals surface area contributed by atoms with Crippen molar-refractivity contribution < 1.29 is 4.79 Å². The van der Waals surface area contributed by atoms with Crippen molar-refractivity contribution in [1.29, 1.82) is 0 Å². The normalized spacial score (nSPS) is 22.7. The number of thiazole rings is 1. The van der Waals surface area contributed by atoms with Gasteiger partial charge in [-0.15, -0.1) is 22.9 Å². The van der Waals surface area contributed by atoms with Crippen molar-refractivity contribution in [2.75, 3.05) is 5.32 Å². The minimum absolute atomic E-state index is 0.0922. The molecule has 0 spiro atoms. The van der Waals surface area contributed by atoms with Crippen LogP contribution in [0.2, 0.25) is 0 Å². The second-order valence-electron chi connectivity index (χ2n) is 5.55. The molecule has 1 unspecified atom stereocenters. The Labute approximate surface area is 117 Å². The van der Waals surface area contributed by atoms with Crippen LogP contribution < -0.4 is 5.32 Å². The van der Waals surface area contributed by atoms with Crippen molar-refractivity contribution in [2.45, 2.75) is 45.4 Å². The number of alkyl halides is 1. The first-order valence-corrected chi connectivity index (χ1v) is 7.75. The van der Waals surface area contributed by atoms with E-state index in [1.165, 1.54) is 17.8 Å². The summed E-state index contributed by atoms with van der Waals surface area (Å²) in [6.07, 6.45) is 4.47. The smallest absolute Gasteiger partial charge is 0.229 e. The van der Waals surface area contributed by atoms with Crippen LogP contribution in [0, 0.1) is 11.3 Å². The molecule has 3 nitrogen and oxygen atoms in total. The molecule has 1 aromatic heterocycles. The fourth-order valence-corrected chi connectivity index (χ4v) is 3.54. The molecule has 1 amide bonds. The van der Waals surface area contributed by atoms with E-state index in [4.69, 9.17) is 11.6 Å². The van der Waals surface area contributed by atoms with E-state index in [2.05, 4.69) is 24.1 Å². The molecule has 1 atom stereocenters. The fraction of sp³-hybridized carbons (Fsp3) is 0.692. The van der Waals surface area contributed by atoms with E-state index in [-0.39, 0.29) is 17.2 Å². The molecule has 5 heteroatoms. The van der Waals surface area contributed by atoms with Gasteiger partial charge in [0.05, 0.1) is 11.6 Å². The van der Waals surface area contributed by atoms with Crippen LogP contribution in [0.3, 0.4) is 0 Å². The maximum Gasteiger partial charge on any atom is 0.229 e. The molecule has 0 radical (unpaired) electrons. The molecular formula is C13H19ClN2OS. The zero-order valence-corrected chi connectivity index (χ0v) is 12.4. The first kappa shape index (κ1) is 13.8. The number of anilines is 1. The average Bonchev–Trinajstić information content (AvgIpc) is 2.76. The van der Waals surface area contributed by atoms with Crippen LogP contribution in [-0.4, -0.2) is 10.9 Å². The number of halogens is 1. The molecule has 2 rings (SSSR count). The highest BCUT2D eigenvalue weighted by Gasteiger charge is 2.37. The minimum Gasteiger partial charge on any atom is -0.302 e. The van der Waals surface area contributed by atoms with Crippen LogP contribution in [0.25, 0.3) is 0 Å². The maximum absolute atomic E-state index is 12.3. The van der Waals surface area contributed by atoms with Gasteiger partial charge in [-0.2, -0.15) is 0 Å². The van der Waals surface area contributed by atoms with Gasteiger partial charge < -0.3 is 5.32 Å². The van der Waals surface area contributed by atoms with E-state index >= 15 is 0 Å². The zero-order chi connectivity index (χ0) is 13.2. The number of carbonyl (C=O) groups excluding carboxylic acids is 1. The van der Waals surface area contributed by atoms with Crippen LogP contribution in [0.15, 0.2) is 5.38 Å². The van der Waals surface area contributed by atoms with E-state index in [1.807, 2.05) is 5.38 Å². The average molecular weight is 287 g/mol. The van der Waals surface area contributed by atoms with Crippen LogP contribution in [0.1, 0.15) is 45.2 Å². The van der Waals surface area contributed by atoms with E-state index in [0.29, 0.717) is 11.0 Å². The monoisotopic (exact) mass is 286 g/mol. The summed E-state index contributed by atoms with van der Waals surface area (Å²) in [5.41, 5.74) is 0.911. The van der Waals surface area contributed by atoms with Crippen molar-refractivity contribution in [1.82, 2.24) is 4.98 Å². The van der Waals surface area contributed by atoms with E-state index in [1.54, 1.807) is 0 Å². The molecule has 0 aromatic carbocycles. The van der Waals surface area contributed by atoms with Gasteiger partial charge in [0.15, 0.2) is 5.13 Å². The SMILES string of the molecule is CC1(C)CCCCC1C(=O)Nc1nc(CCl)cs1. The molecule has 0 saturated heterocycles. The maximum atomic E-state index is 12.3. The quantitative estimate of drug-likeness (QED) is 0.852. The number of amides is 1. The fourth-order valence-electron chi connectivity index (χ4n) is 2.60. The van der Waals surface area contributed by atoms with Gasteiger partial charge in [-0.1, -0.05) is 26.7 Å². The van der Waals surface area contributed by atoms with Crippen molar-refractivity contribution in [3.05, 3.63) is 11.1 Å². The Bertz CT molecular complexity index is 430. The summed E-state index contributed by atoms with van der Waals surface area (Å²) in [5, 5.41) is 5.48. The Kier molecular flexibility index (Phi) is 4.28. The summed E-state index contributed by atoms with van der Waals surface area (Å²) in [4.78, 5) is 16.6. The van der Waals surface area contributed by atoms with Crippen LogP contribution >= 0.6 is 22.9 Å². The molecule has 1 saturated carbocycles. The molecule has 18 heavy (non-hydrogen) atoms. The Morgan fingerprint density at radius 2 is 2.39 bits per heavy atom. The molecule has 1 aliphatic rings. The van der Waals surface area contributed by atoms with Gasteiger partial charge in [0.25, 0.3) is 0 Å². The molecule has 1 aromatic rings. The number of hydrogen-bond donors (Lipinski definition) is 1. The number of aromatic nitrogens is 1. The van der Waals surface area contributed by atoms with Gasteiger partial charge in [0.2, 0.25) is 5.91 Å². The third kappa shape index (κ3) is 3.04. The summed E-state index contributed by atoms with van der Waals surface area (Å²) < 4.78 is 0. The van der Waals surface area contributed by atoms with Crippen molar-refractivity contribution >= 4 is 34.0 Å². The largest absolute Gasteiger partial charge is 0.302 e. The van der Waals surface area contributed by atoms with Gasteiger partial charge in [-0.05, 0) is 18.3 Å². The van der Waals surface area contributed by atoms with Crippen molar-refractivity contribution in [3.8, 4) is 0 Å². The molecule has 100 valence electrons. The molecule has 1 aliphatic carbocycles. The molecule has 1 fully saturated rings. The first-order chi connectivity index (χ1) is 8.53. The van der Waals surface area contributed by atoms with E-state index in [9.17, 15) is 4.79 Å². The summed E-state index contributed by atoms with van der Waals surface area (Å²) in [6, 6.07) is 0. The molecule has 1 heterocycles. The predicted octanol–water partition coefficient (Wildman–Crippen LogP) is 4.04. The van der Waals surface area contributed by atoms with Crippen molar-refractivity contribution in [3.63, 3.8) is 0 Å². The number of carbonyl (C=O) groups is 1. The Morgan fingerprint density at radius 1 is 1.61 bits per heavy atom. The van der Waals surface area contributed by atoms with Crippen LogP contribution in [-0.2, 0) is 10.7 Å². The first-order valence-electron chi connectivity index (χ1n) is 6.34. The minimum atomic E-state index is 0.0922. The van der Waals surface area contributed by atoms with E-state index < -0.39 is 0 Å². The number of rotatable bonds is 3. The highest BCUT2D eigenvalue weighted by molar-refractivity contribution is 7.13. The molecular weight excluding hydrogens is 268 g/mol. The lowest BCUT2D eigenvalue weighted by atomic mass is 9.68. The summed E-state index contributed by atoms with van der Waals surface area (Å²) in [7, 11) is 0. The summed E-state index contributed by atoms with van der Waals surface area (Å²) >= 11 is 7.14. The lowest BCUT2D eigenvalue weighted by molar-refractivity contribution is -0.124. The number of nitrogens with zero attached hydrogens (tertiary/aromatic N) is 1. The van der Waals surface area contributed by atoms with Gasteiger partial charge in [0, 0.05) is 11.3 Å². The Morgan fingerprint density at radius 3 is 3.00 bits per heavy atom. The Balaban J connectivity index is 2.02. The van der Waals surface area contributed by atoms with Crippen molar-refractivity contribution in [2.24, 2.45) is 11.3 Å². The second kappa shape index (κ2) is 5.57. The van der Waals surface area contributed by atoms with E-state index in [0.717, 1.165) is 25.0 Å². The van der Waals surface area contributed by atoms with Gasteiger partial charge >= 0.3 is 0 Å². The topological polar surface area (TPSA) is 42.0 Å². The Hall–Kier alpha value is -0.610. The zero-order valence-electron chi connectivity index (χ0n) is 10.8. The summed E-state index contributed by atoms with van der Waals surface area (Å²) in [6.45, 7) is 4.37. The third-order valence-corrected chi connectivity index (χ3v) is 4.82. The highest BCUT2D eigenvalue weighted by Crippen LogP contribution is 2.41. The lowest BCUT2D eigenvalue weighted by Crippen LogP contribution is -2.37. The lowest BCUT2D eigenvalue weighted by Gasteiger charge is -2.37. The number of nitrogens with one attached hydrogen (secondary N) is 1. The third-order valence-electron chi connectivity index (χ3n) is 3.74. The second-order valence-corrected chi connectivity index (χ2v) is 6.68. The predicted molar refractivity (Wildman–Crippen MR) is 76.0 cm³/mol. The van der Waals surface area contributed by atoms with Gasteiger partial charge in [0.1, 0.15) is 0 Å². The molecule has 1 N–H and O–H groups in total. The number of hydrogen-bond acceptors (Lipinski definition) is 3. The van der Waals surface area contributed by atoms with Crippen LogP contribution in [0.4, 0.5) is 5.13 Å². The molecule has 0 aliphatic heterocycles.